The molecule has 0 spiro atoms. The first-order valence-corrected chi connectivity index (χ1v) is 13.6. The number of aliphatic hydroxyl groups excluding tert-OH is 2. The monoisotopic (exact) mass is 485 g/mol. The van der Waals surface area contributed by atoms with Crippen molar-refractivity contribution in [1.29, 1.82) is 0 Å². The van der Waals surface area contributed by atoms with Gasteiger partial charge in [-0.25, -0.2) is 0 Å². The number of hydrogen-bond acceptors (Lipinski definition) is 5. The first-order chi connectivity index (χ1) is 16.8. The van der Waals surface area contributed by atoms with E-state index in [0.717, 1.165) is 42.7 Å². The predicted octanol–water partition coefficient (Wildman–Crippen LogP) is 6.14. The molecule has 2 N–H and O–H groups in total. The molecule has 3 saturated carbocycles. The largest absolute Gasteiger partial charge is 0.393 e. The van der Waals surface area contributed by atoms with Crippen molar-refractivity contribution in [3.05, 3.63) is 48.1 Å². The second-order valence-electron chi connectivity index (χ2n) is 11.1. The van der Waals surface area contributed by atoms with Crippen LogP contribution in [0.15, 0.2) is 53.3 Å². The first-order valence-electron chi connectivity index (χ1n) is 13.6. The van der Waals surface area contributed by atoms with E-state index in [1.807, 2.05) is 0 Å². The molecule has 3 rings (SSSR count). The molecule has 0 amide bonds. The van der Waals surface area contributed by atoms with E-state index in [1.165, 1.54) is 31.3 Å². The highest BCUT2D eigenvalue weighted by molar-refractivity contribution is 5.85. The maximum atomic E-state index is 10.2. The molecule has 0 unspecified atom stereocenters. The van der Waals surface area contributed by atoms with Crippen LogP contribution in [0.25, 0.3) is 0 Å². The van der Waals surface area contributed by atoms with Gasteiger partial charge in [-0.3, -0.25) is 0 Å². The Kier molecular flexibility index (Phi) is 10.4. The second-order valence-corrected chi connectivity index (χ2v) is 11.1. The lowest BCUT2D eigenvalue weighted by atomic mass is 9.61. The summed E-state index contributed by atoms with van der Waals surface area (Å²) in [5, 5.41) is 24.5. The zero-order chi connectivity index (χ0) is 25.4. The number of aliphatic hydroxyl groups is 2. The number of hydrogen-bond donors (Lipinski definition) is 2. The summed E-state index contributed by atoms with van der Waals surface area (Å²) in [6.45, 7) is 16.4. The molecule has 0 bridgehead atoms. The fraction of sp³-hybridized carbons (Fsp3) is 0.700. The summed E-state index contributed by atoms with van der Waals surface area (Å²) in [6.07, 6.45) is 14.0. The molecule has 196 valence electrons. The van der Waals surface area contributed by atoms with Crippen LogP contribution in [0.2, 0.25) is 0 Å². The summed E-state index contributed by atoms with van der Waals surface area (Å²) < 4.78 is 6.15. The Balaban J connectivity index is 1.62. The average Bonchev–Trinajstić information content (AvgIpc) is 3.18. The van der Waals surface area contributed by atoms with Crippen molar-refractivity contribution in [2.75, 3.05) is 19.8 Å². The summed E-state index contributed by atoms with van der Waals surface area (Å²) in [5.74, 6) is 1.72. The molecule has 0 aromatic heterocycles. The van der Waals surface area contributed by atoms with E-state index < -0.39 is 12.2 Å². The Morgan fingerprint density at radius 1 is 1.29 bits per heavy atom. The molecule has 0 radical (unpaired) electrons. The predicted molar refractivity (Wildman–Crippen MR) is 143 cm³/mol. The molecular weight excluding hydrogens is 438 g/mol. The minimum atomic E-state index is -0.631. The van der Waals surface area contributed by atoms with Crippen molar-refractivity contribution in [2.24, 2.45) is 28.3 Å². The van der Waals surface area contributed by atoms with E-state index in [-0.39, 0.29) is 0 Å². The number of ether oxygens (including phenoxy) is 1. The Morgan fingerprint density at radius 2 is 2.09 bits per heavy atom. The van der Waals surface area contributed by atoms with Crippen molar-refractivity contribution in [3.63, 3.8) is 0 Å². The van der Waals surface area contributed by atoms with Gasteiger partial charge < -0.3 is 19.8 Å². The van der Waals surface area contributed by atoms with Gasteiger partial charge in [0.1, 0.15) is 6.61 Å². The van der Waals surface area contributed by atoms with Crippen molar-refractivity contribution in [2.45, 2.75) is 90.8 Å². The van der Waals surface area contributed by atoms with Gasteiger partial charge in [-0.1, -0.05) is 69.3 Å². The Labute approximate surface area is 212 Å². The molecule has 6 atom stereocenters. The lowest BCUT2D eigenvalue weighted by molar-refractivity contribution is 0.0446. The van der Waals surface area contributed by atoms with Gasteiger partial charge in [-0.05, 0) is 79.3 Å². The molecule has 35 heavy (non-hydrogen) atoms. The van der Waals surface area contributed by atoms with Crippen LogP contribution in [-0.2, 0) is 9.57 Å². The second kappa shape index (κ2) is 13.0. The van der Waals surface area contributed by atoms with Gasteiger partial charge in [0.2, 0.25) is 0 Å². The molecule has 0 aromatic carbocycles. The third-order valence-electron chi connectivity index (χ3n) is 8.56. The van der Waals surface area contributed by atoms with Gasteiger partial charge in [0, 0.05) is 13.0 Å². The SMILES string of the molecule is C=CCO/N=C(/CCC)COC[C@@H](C)[C@H]1CC[C@H]2/C(=C/C=C3/C[C@@H](O)C[C@H](O)C3=C)CCC[C@]12C. The topological polar surface area (TPSA) is 71.3 Å². The molecule has 5 nitrogen and oxygen atoms in total. The molecule has 0 heterocycles. The number of fused-ring (bicyclic) bond motifs is 1. The highest BCUT2D eigenvalue weighted by atomic mass is 16.6. The van der Waals surface area contributed by atoms with Gasteiger partial charge >= 0.3 is 0 Å². The molecule has 0 aliphatic heterocycles. The third kappa shape index (κ3) is 6.96. The zero-order valence-electron chi connectivity index (χ0n) is 22.2. The highest BCUT2D eigenvalue weighted by Crippen LogP contribution is 2.59. The van der Waals surface area contributed by atoms with Crippen LogP contribution in [0, 0.1) is 23.2 Å². The number of oxime groups is 1. The zero-order valence-corrected chi connectivity index (χ0v) is 22.2. The van der Waals surface area contributed by atoms with Crippen LogP contribution in [0.1, 0.15) is 78.6 Å². The minimum absolute atomic E-state index is 0.293. The molecule has 5 heteroatoms. The molecule has 0 aromatic rings. The molecule has 3 aliphatic carbocycles. The van der Waals surface area contributed by atoms with E-state index in [4.69, 9.17) is 9.57 Å². The summed E-state index contributed by atoms with van der Waals surface area (Å²) in [7, 11) is 0. The van der Waals surface area contributed by atoms with Gasteiger partial charge in [-0.2, -0.15) is 0 Å². The number of rotatable bonds is 11. The van der Waals surface area contributed by atoms with E-state index in [0.29, 0.717) is 49.2 Å². The van der Waals surface area contributed by atoms with Crippen LogP contribution in [0.3, 0.4) is 0 Å². The van der Waals surface area contributed by atoms with Crippen molar-refractivity contribution >= 4 is 5.71 Å². The summed E-state index contributed by atoms with van der Waals surface area (Å²) in [4.78, 5) is 5.28. The van der Waals surface area contributed by atoms with E-state index in [1.54, 1.807) is 6.08 Å². The van der Waals surface area contributed by atoms with Crippen LogP contribution in [0.5, 0.6) is 0 Å². The van der Waals surface area contributed by atoms with Gasteiger partial charge in [0.05, 0.1) is 24.5 Å². The van der Waals surface area contributed by atoms with Crippen LogP contribution in [0.4, 0.5) is 0 Å². The molecular formula is C30H47NO4. The van der Waals surface area contributed by atoms with E-state index in [2.05, 4.69) is 51.2 Å². The summed E-state index contributed by atoms with van der Waals surface area (Å²) in [5.41, 5.74) is 4.55. The van der Waals surface area contributed by atoms with Crippen LogP contribution in [-0.4, -0.2) is 48.0 Å². The van der Waals surface area contributed by atoms with E-state index in [9.17, 15) is 10.2 Å². The molecule has 3 aliphatic rings. The maximum absolute atomic E-state index is 10.2. The normalized spacial score (nSPS) is 34.8. The average molecular weight is 486 g/mol. The third-order valence-corrected chi connectivity index (χ3v) is 8.56. The lowest BCUT2D eigenvalue weighted by Gasteiger charge is -2.44. The standard InChI is InChI=1S/C30H47NO4/c1-6-9-25(31-35-16-7-2)20-34-19-21(3)27-13-14-28-23(10-8-15-30(27,28)5)11-12-24-17-26(32)18-29(33)22(24)4/h7,11-12,21,26-29,32-33H,2,4,6,8-10,13-20H2,1,3,5H3/b23-11+,24-12-,31-25-/t21-,26-,27-,28+,29+,30-/m1/s1. The number of allylic oxidation sites excluding steroid dienone is 3. The fourth-order valence-electron chi connectivity index (χ4n) is 6.77. The highest BCUT2D eigenvalue weighted by Gasteiger charge is 2.50. The number of nitrogens with zero attached hydrogens (tertiary/aromatic N) is 1. The quantitative estimate of drug-likeness (QED) is 0.160. The minimum Gasteiger partial charge on any atom is -0.393 e. The summed E-state index contributed by atoms with van der Waals surface area (Å²) >= 11 is 0. The Morgan fingerprint density at radius 3 is 2.83 bits per heavy atom. The van der Waals surface area contributed by atoms with Crippen molar-refractivity contribution < 1.29 is 19.8 Å². The maximum Gasteiger partial charge on any atom is 0.135 e. The van der Waals surface area contributed by atoms with E-state index >= 15 is 0 Å². The first kappa shape index (κ1) is 27.9. The summed E-state index contributed by atoms with van der Waals surface area (Å²) in [6, 6.07) is 0. The molecule has 3 fully saturated rings. The van der Waals surface area contributed by atoms with Crippen molar-refractivity contribution in [3.8, 4) is 0 Å². The van der Waals surface area contributed by atoms with Crippen LogP contribution < -0.4 is 0 Å². The fourth-order valence-corrected chi connectivity index (χ4v) is 6.77. The van der Waals surface area contributed by atoms with Crippen molar-refractivity contribution in [1.82, 2.24) is 0 Å². The van der Waals surface area contributed by atoms with Gasteiger partial charge in [0.15, 0.2) is 0 Å². The lowest BCUT2D eigenvalue weighted by Crippen LogP contribution is -2.37. The molecule has 0 saturated heterocycles. The van der Waals surface area contributed by atoms with Gasteiger partial charge in [0.25, 0.3) is 0 Å². The van der Waals surface area contributed by atoms with Crippen LogP contribution >= 0.6 is 0 Å². The van der Waals surface area contributed by atoms with Gasteiger partial charge in [-0.15, -0.1) is 0 Å². The Hall–Kier alpha value is -1.69. The smallest absolute Gasteiger partial charge is 0.135 e. The Bertz CT molecular complexity index is 828.